The predicted octanol–water partition coefficient (Wildman–Crippen LogP) is 4.42. The van der Waals surface area contributed by atoms with E-state index in [9.17, 15) is 9.59 Å². The Kier molecular flexibility index (Phi) is 6.47. The third kappa shape index (κ3) is 4.73. The van der Waals surface area contributed by atoms with Crippen molar-refractivity contribution in [2.75, 3.05) is 0 Å². The zero-order valence-corrected chi connectivity index (χ0v) is 17.6. The fraction of sp³-hybridized carbons (Fsp3) is 0.375. The first-order valence-corrected chi connectivity index (χ1v) is 10.2. The van der Waals surface area contributed by atoms with Gasteiger partial charge in [0, 0.05) is 5.39 Å². The van der Waals surface area contributed by atoms with Crippen LogP contribution in [0.15, 0.2) is 59.5 Å². The van der Waals surface area contributed by atoms with Crippen molar-refractivity contribution in [1.29, 1.82) is 0 Å². The van der Waals surface area contributed by atoms with Crippen molar-refractivity contribution in [3.8, 4) is 0 Å². The standard InChI is InChI=1S/C24H29N3O2/c1-5-17(4)18-10-12-19(13-11-18)23(16(2)3)26-22(28)15-27-24(29)21-9-7-6-8-20(21)14-25-27/h6-14,16-17,23H,5,15H2,1-4H3,(H,26,28). The van der Waals surface area contributed by atoms with E-state index in [4.69, 9.17) is 0 Å². The summed E-state index contributed by atoms with van der Waals surface area (Å²) in [6.07, 6.45) is 2.72. The lowest BCUT2D eigenvalue weighted by Gasteiger charge is -2.23. The first-order chi connectivity index (χ1) is 13.9. The molecule has 2 unspecified atom stereocenters. The molecule has 152 valence electrons. The summed E-state index contributed by atoms with van der Waals surface area (Å²) >= 11 is 0. The molecule has 0 bridgehead atoms. The number of carbonyl (C=O) groups excluding carboxylic acids is 1. The largest absolute Gasteiger partial charge is 0.347 e. The Morgan fingerprint density at radius 3 is 2.34 bits per heavy atom. The van der Waals surface area contributed by atoms with Gasteiger partial charge in [0.2, 0.25) is 5.91 Å². The maximum absolute atomic E-state index is 12.7. The van der Waals surface area contributed by atoms with E-state index >= 15 is 0 Å². The van der Waals surface area contributed by atoms with Crippen molar-refractivity contribution in [2.24, 2.45) is 5.92 Å². The number of carbonyl (C=O) groups is 1. The van der Waals surface area contributed by atoms with Gasteiger partial charge in [-0.05, 0) is 35.4 Å². The average Bonchev–Trinajstić information content (AvgIpc) is 2.73. The fourth-order valence-corrected chi connectivity index (χ4v) is 3.50. The van der Waals surface area contributed by atoms with Crippen LogP contribution < -0.4 is 10.9 Å². The molecule has 1 aromatic heterocycles. The third-order valence-electron chi connectivity index (χ3n) is 5.52. The minimum absolute atomic E-state index is 0.0994. The number of nitrogens with zero attached hydrogens (tertiary/aromatic N) is 2. The van der Waals surface area contributed by atoms with Crippen molar-refractivity contribution in [2.45, 2.75) is 52.6 Å². The van der Waals surface area contributed by atoms with Gasteiger partial charge in [-0.25, -0.2) is 4.68 Å². The molecule has 3 aromatic rings. The van der Waals surface area contributed by atoms with E-state index in [2.05, 4.69) is 62.4 Å². The van der Waals surface area contributed by atoms with E-state index in [1.165, 1.54) is 10.2 Å². The smallest absolute Gasteiger partial charge is 0.275 e. The lowest BCUT2D eigenvalue weighted by molar-refractivity contribution is -0.123. The van der Waals surface area contributed by atoms with Crippen LogP contribution in [0.4, 0.5) is 0 Å². The van der Waals surface area contributed by atoms with E-state index in [0.29, 0.717) is 11.3 Å². The molecular formula is C24H29N3O2. The Morgan fingerprint density at radius 2 is 1.69 bits per heavy atom. The molecule has 2 atom stereocenters. The maximum atomic E-state index is 12.7. The second-order valence-electron chi connectivity index (χ2n) is 7.96. The molecule has 5 nitrogen and oxygen atoms in total. The monoisotopic (exact) mass is 391 g/mol. The summed E-state index contributed by atoms with van der Waals surface area (Å²) in [4.78, 5) is 25.3. The Balaban J connectivity index is 1.77. The maximum Gasteiger partial charge on any atom is 0.275 e. The summed E-state index contributed by atoms with van der Waals surface area (Å²) < 4.78 is 1.22. The number of hydrogen-bond donors (Lipinski definition) is 1. The van der Waals surface area contributed by atoms with Crippen molar-refractivity contribution in [3.63, 3.8) is 0 Å². The van der Waals surface area contributed by atoms with Crippen molar-refractivity contribution < 1.29 is 4.79 Å². The normalized spacial score (nSPS) is 13.4. The number of amides is 1. The number of aromatic nitrogens is 2. The van der Waals surface area contributed by atoms with Crippen LogP contribution in [-0.4, -0.2) is 15.7 Å². The summed E-state index contributed by atoms with van der Waals surface area (Å²) in [6, 6.07) is 15.6. The van der Waals surface area contributed by atoms with Crippen LogP contribution in [0.2, 0.25) is 0 Å². The molecule has 1 amide bonds. The van der Waals surface area contributed by atoms with E-state index in [1.54, 1.807) is 12.3 Å². The molecule has 0 saturated carbocycles. The van der Waals surface area contributed by atoms with Crippen LogP contribution in [0.3, 0.4) is 0 Å². The van der Waals surface area contributed by atoms with E-state index < -0.39 is 0 Å². The van der Waals surface area contributed by atoms with Crippen molar-refractivity contribution in [3.05, 3.63) is 76.2 Å². The SMILES string of the molecule is CCC(C)c1ccc(C(NC(=O)Cn2ncc3ccccc3c2=O)C(C)C)cc1. The van der Waals surface area contributed by atoms with Gasteiger partial charge in [0.15, 0.2) is 0 Å². The first kappa shape index (κ1) is 20.8. The third-order valence-corrected chi connectivity index (χ3v) is 5.52. The molecular weight excluding hydrogens is 362 g/mol. The van der Waals surface area contributed by atoms with Gasteiger partial charge in [-0.15, -0.1) is 0 Å². The van der Waals surface area contributed by atoms with Gasteiger partial charge >= 0.3 is 0 Å². The van der Waals surface area contributed by atoms with Crippen molar-refractivity contribution >= 4 is 16.7 Å². The molecule has 0 saturated heterocycles. The summed E-state index contributed by atoms with van der Waals surface area (Å²) in [5.41, 5.74) is 2.12. The summed E-state index contributed by atoms with van der Waals surface area (Å²) in [6.45, 7) is 8.45. The second kappa shape index (κ2) is 9.03. The molecule has 0 fully saturated rings. The van der Waals surface area contributed by atoms with E-state index in [0.717, 1.165) is 17.4 Å². The summed E-state index contributed by atoms with van der Waals surface area (Å²) in [5.74, 6) is 0.510. The molecule has 0 aliphatic carbocycles. The minimum atomic E-state index is -0.253. The van der Waals surface area contributed by atoms with Crippen LogP contribution in [0.25, 0.3) is 10.8 Å². The van der Waals surface area contributed by atoms with Crippen LogP contribution in [0.5, 0.6) is 0 Å². The topological polar surface area (TPSA) is 64.0 Å². The zero-order chi connectivity index (χ0) is 21.0. The number of rotatable bonds is 7. The Hall–Kier alpha value is -2.95. The van der Waals surface area contributed by atoms with Gasteiger partial charge in [0.05, 0.1) is 17.6 Å². The average molecular weight is 392 g/mol. The molecule has 1 heterocycles. The Bertz CT molecular complexity index is 1040. The predicted molar refractivity (Wildman–Crippen MR) is 117 cm³/mol. The highest BCUT2D eigenvalue weighted by atomic mass is 16.2. The van der Waals surface area contributed by atoms with Gasteiger partial charge in [-0.3, -0.25) is 9.59 Å². The molecule has 0 radical (unpaired) electrons. The van der Waals surface area contributed by atoms with Gasteiger partial charge in [0.25, 0.3) is 5.56 Å². The lowest BCUT2D eigenvalue weighted by atomic mass is 9.92. The molecule has 2 aromatic carbocycles. The Labute approximate surface area is 171 Å². The molecule has 5 heteroatoms. The van der Waals surface area contributed by atoms with E-state index in [1.807, 2.05) is 18.2 Å². The van der Waals surface area contributed by atoms with Gasteiger partial charge in [0.1, 0.15) is 6.54 Å². The number of hydrogen-bond acceptors (Lipinski definition) is 3. The number of nitrogens with one attached hydrogen (secondary N) is 1. The molecule has 0 aliphatic rings. The zero-order valence-electron chi connectivity index (χ0n) is 17.6. The first-order valence-electron chi connectivity index (χ1n) is 10.2. The number of fused-ring (bicyclic) bond motifs is 1. The van der Waals surface area contributed by atoms with Crippen LogP contribution >= 0.6 is 0 Å². The van der Waals surface area contributed by atoms with Crippen LogP contribution in [0, 0.1) is 5.92 Å². The molecule has 3 rings (SSSR count). The molecule has 29 heavy (non-hydrogen) atoms. The van der Waals surface area contributed by atoms with Gasteiger partial charge in [-0.2, -0.15) is 5.10 Å². The highest BCUT2D eigenvalue weighted by Crippen LogP contribution is 2.25. The van der Waals surface area contributed by atoms with Gasteiger partial charge in [-0.1, -0.05) is 70.2 Å². The second-order valence-corrected chi connectivity index (χ2v) is 7.96. The minimum Gasteiger partial charge on any atom is -0.347 e. The van der Waals surface area contributed by atoms with Gasteiger partial charge < -0.3 is 5.32 Å². The molecule has 1 N–H and O–H groups in total. The summed E-state index contributed by atoms with van der Waals surface area (Å²) in [5, 5.41) is 8.58. The van der Waals surface area contributed by atoms with Crippen molar-refractivity contribution in [1.82, 2.24) is 15.1 Å². The lowest BCUT2D eigenvalue weighted by Crippen LogP contribution is -2.37. The Morgan fingerprint density at radius 1 is 1.03 bits per heavy atom. The highest BCUT2D eigenvalue weighted by Gasteiger charge is 2.19. The van der Waals surface area contributed by atoms with Crippen LogP contribution in [0.1, 0.15) is 57.2 Å². The molecule has 0 aliphatic heterocycles. The quantitative estimate of drug-likeness (QED) is 0.648. The molecule has 0 spiro atoms. The number of benzene rings is 2. The van der Waals surface area contributed by atoms with E-state index in [-0.39, 0.29) is 30.0 Å². The van der Waals surface area contributed by atoms with Crippen LogP contribution in [-0.2, 0) is 11.3 Å². The summed E-state index contributed by atoms with van der Waals surface area (Å²) in [7, 11) is 0. The fourth-order valence-electron chi connectivity index (χ4n) is 3.50. The highest BCUT2D eigenvalue weighted by molar-refractivity contribution is 5.81.